The summed E-state index contributed by atoms with van der Waals surface area (Å²) in [5.41, 5.74) is 0.489. The first-order valence-corrected chi connectivity index (χ1v) is 15.3. The summed E-state index contributed by atoms with van der Waals surface area (Å²) in [4.78, 5) is 56.2. The molecule has 0 radical (unpaired) electrons. The number of aliphatic carboxylic acids is 1. The molecule has 3 aliphatic heterocycles. The van der Waals surface area contributed by atoms with Crippen molar-refractivity contribution in [2.45, 2.75) is 81.8 Å². The Kier molecular flexibility index (Phi) is 8.29. The van der Waals surface area contributed by atoms with Gasteiger partial charge in [0, 0.05) is 30.1 Å². The summed E-state index contributed by atoms with van der Waals surface area (Å²) < 4.78 is 20.1. The quantitative estimate of drug-likeness (QED) is 0.446. The molecule has 0 unspecified atom stereocenters. The highest BCUT2D eigenvalue weighted by molar-refractivity contribution is 5.96. The second-order valence-corrected chi connectivity index (χ2v) is 12.2. The van der Waals surface area contributed by atoms with Crippen molar-refractivity contribution in [2.75, 3.05) is 11.9 Å². The molecule has 6 rings (SSSR count). The number of rotatable bonds is 4. The number of ether oxygens (including phenoxy) is 1. The summed E-state index contributed by atoms with van der Waals surface area (Å²) in [6.45, 7) is 0.248. The van der Waals surface area contributed by atoms with Crippen LogP contribution in [0.25, 0.3) is 0 Å². The monoisotopic (exact) mass is 604 g/mol. The number of allylic oxidation sites excluding steroid dienone is 1. The smallest absolute Gasteiger partial charge is 0.410 e. The molecule has 2 fully saturated rings. The predicted molar refractivity (Wildman–Crippen MR) is 159 cm³/mol. The van der Waals surface area contributed by atoms with Crippen LogP contribution in [0.2, 0.25) is 0 Å². The number of carbonyl (C=O) groups is 4. The average Bonchev–Trinajstić information content (AvgIpc) is 3.32. The molecule has 44 heavy (non-hydrogen) atoms. The number of amides is 3. The van der Waals surface area contributed by atoms with E-state index in [0.29, 0.717) is 17.5 Å². The topological polar surface area (TPSA) is 128 Å². The molecule has 4 aliphatic rings. The number of nitrogens with one attached hydrogen (secondary N) is 2. The fraction of sp³-hybridized carbons (Fsp3) is 0.455. The Bertz CT molecular complexity index is 1470. The normalized spacial score (nSPS) is 29.3. The van der Waals surface area contributed by atoms with E-state index >= 15 is 0 Å². The van der Waals surface area contributed by atoms with Gasteiger partial charge in [-0.1, -0.05) is 55.3 Å². The Balaban J connectivity index is 1.23. The second-order valence-electron chi connectivity index (χ2n) is 12.2. The van der Waals surface area contributed by atoms with E-state index in [4.69, 9.17) is 4.74 Å². The van der Waals surface area contributed by atoms with Crippen LogP contribution in [0.1, 0.15) is 56.1 Å². The van der Waals surface area contributed by atoms with Gasteiger partial charge in [0.2, 0.25) is 11.8 Å². The van der Waals surface area contributed by atoms with E-state index in [9.17, 15) is 28.7 Å². The summed E-state index contributed by atoms with van der Waals surface area (Å²) in [6, 6.07) is 12.4. The van der Waals surface area contributed by atoms with Gasteiger partial charge in [0.15, 0.2) is 0 Å². The van der Waals surface area contributed by atoms with E-state index in [0.717, 1.165) is 31.4 Å². The lowest BCUT2D eigenvalue weighted by Crippen LogP contribution is -2.55. The van der Waals surface area contributed by atoms with Crippen LogP contribution < -0.4 is 10.6 Å². The zero-order valence-corrected chi connectivity index (χ0v) is 24.4. The largest absolute Gasteiger partial charge is 0.479 e. The van der Waals surface area contributed by atoms with Gasteiger partial charge in [-0.25, -0.2) is 14.0 Å². The van der Waals surface area contributed by atoms with Gasteiger partial charge in [-0.3, -0.25) is 14.5 Å². The van der Waals surface area contributed by atoms with Crippen molar-refractivity contribution >= 4 is 29.6 Å². The minimum absolute atomic E-state index is 0.0197. The number of hydrogen-bond donors (Lipinski definition) is 3. The highest BCUT2D eigenvalue weighted by Gasteiger charge is 2.61. The van der Waals surface area contributed by atoms with Gasteiger partial charge in [-0.05, 0) is 49.4 Å². The number of nitrogens with zero attached hydrogens (tertiary/aromatic N) is 2. The van der Waals surface area contributed by atoms with Gasteiger partial charge in [-0.15, -0.1) is 0 Å². The van der Waals surface area contributed by atoms with Crippen LogP contribution in [0.4, 0.5) is 14.9 Å². The molecular formula is C33H37FN4O6. The number of para-hydroxylation sites is 1. The Hall–Kier alpha value is -4.41. The van der Waals surface area contributed by atoms with Crippen molar-refractivity contribution in [1.29, 1.82) is 0 Å². The Morgan fingerprint density at radius 2 is 1.86 bits per heavy atom. The van der Waals surface area contributed by atoms with Crippen molar-refractivity contribution < 1.29 is 33.4 Å². The van der Waals surface area contributed by atoms with E-state index in [2.05, 4.69) is 10.6 Å². The van der Waals surface area contributed by atoms with Crippen LogP contribution in [0, 0.1) is 11.7 Å². The predicted octanol–water partition coefficient (Wildman–Crippen LogP) is 4.21. The molecule has 3 N–H and O–H groups in total. The van der Waals surface area contributed by atoms with Crippen molar-refractivity contribution in [3.8, 4) is 0 Å². The molecule has 3 amide bonds. The van der Waals surface area contributed by atoms with Crippen molar-refractivity contribution in [2.24, 2.45) is 5.92 Å². The molecule has 2 aromatic rings. The van der Waals surface area contributed by atoms with Gasteiger partial charge < -0.3 is 25.4 Å². The Morgan fingerprint density at radius 1 is 1.05 bits per heavy atom. The minimum atomic E-state index is -1.43. The van der Waals surface area contributed by atoms with E-state index in [1.807, 2.05) is 42.5 Å². The zero-order valence-electron chi connectivity index (χ0n) is 24.4. The second kappa shape index (κ2) is 12.3. The lowest BCUT2D eigenvalue weighted by molar-refractivity contribution is -0.145. The molecule has 2 aromatic carbocycles. The van der Waals surface area contributed by atoms with Gasteiger partial charge in [0.05, 0.1) is 13.1 Å². The van der Waals surface area contributed by atoms with E-state index in [1.54, 1.807) is 12.1 Å². The van der Waals surface area contributed by atoms with E-state index in [-0.39, 0.29) is 50.1 Å². The molecule has 1 saturated heterocycles. The third kappa shape index (κ3) is 6.00. The number of halogens is 1. The fourth-order valence-corrected chi connectivity index (χ4v) is 6.61. The van der Waals surface area contributed by atoms with E-state index in [1.165, 1.54) is 15.9 Å². The SMILES string of the molecule is O=C1N[C@]2(C(=O)O)C[C@H]2/C=C\CCCCC[C@H](Nc2ccccc2)C(=O)N2C[C@H](OC(=O)N3Cc4cccc(F)c4C3)C[C@@H]12. The summed E-state index contributed by atoms with van der Waals surface area (Å²) >= 11 is 0. The molecule has 10 nitrogen and oxygen atoms in total. The molecule has 11 heteroatoms. The molecule has 1 aliphatic carbocycles. The zero-order chi connectivity index (χ0) is 30.8. The first-order valence-electron chi connectivity index (χ1n) is 15.3. The Labute approximate surface area is 255 Å². The highest BCUT2D eigenvalue weighted by Crippen LogP contribution is 2.45. The summed E-state index contributed by atoms with van der Waals surface area (Å²) in [6.07, 6.45) is 6.57. The van der Waals surface area contributed by atoms with Crippen LogP contribution in [-0.4, -0.2) is 69.1 Å². The molecule has 5 atom stereocenters. The number of carboxylic acids is 1. The fourth-order valence-electron chi connectivity index (χ4n) is 6.61. The van der Waals surface area contributed by atoms with Crippen molar-refractivity contribution in [3.05, 3.63) is 77.6 Å². The number of fused-ring (bicyclic) bond motifs is 3. The van der Waals surface area contributed by atoms with Crippen LogP contribution in [0.3, 0.4) is 0 Å². The third-order valence-corrected chi connectivity index (χ3v) is 9.19. The van der Waals surface area contributed by atoms with Gasteiger partial charge >= 0.3 is 12.1 Å². The van der Waals surface area contributed by atoms with Crippen LogP contribution >= 0.6 is 0 Å². The maximum Gasteiger partial charge on any atom is 0.410 e. The third-order valence-electron chi connectivity index (χ3n) is 9.19. The standard InChI is InChI=1S/C33H37FN4O6/c34-26-14-9-10-21-18-37(20-25(21)26)32(43)44-24-16-28-29(39)36-33(31(41)42)17-22(33)11-5-2-1-3-8-15-27(30(40)38(28)19-24)35-23-12-6-4-7-13-23/h4-7,9-14,22,24,27-28,35H,1-3,8,15-20H2,(H,36,39)(H,41,42)/b11-5-/t22-,24-,27+,28+,33-/m1/s1. The first kappa shape index (κ1) is 29.7. The minimum Gasteiger partial charge on any atom is -0.479 e. The molecule has 3 heterocycles. The highest BCUT2D eigenvalue weighted by atomic mass is 19.1. The molecule has 0 bridgehead atoms. The summed E-state index contributed by atoms with van der Waals surface area (Å²) in [7, 11) is 0. The van der Waals surface area contributed by atoms with Gasteiger partial charge in [0.25, 0.3) is 0 Å². The average molecular weight is 605 g/mol. The Morgan fingerprint density at radius 3 is 2.64 bits per heavy atom. The van der Waals surface area contributed by atoms with Crippen LogP contribution in [0.5, 0.6) is 0 Å². The molecule has 232 valence electrons. The molecule has 1 saturated carbocycles. The van der Waals surface area contributed by atoms with Crippen LogP contribution in [-0.2, 0) is 32.2 Å². The van der Waals surface area contributed by atoms with Crippen LogP contribution in [0.15, 0.2) is 60.7 Å². The maximum atomic E-state index is 14.3. The maximum absolute atomic E-state index is 14.3. The number of carbonyl (C=O) groups excluding carboxylic acids is 3. The van der Waals surface area contributed by atoms with Crippen molar-refractivity contribution in [1.82, 2.24) is 15.1 Å². The molecule has 0 aromatic heterocycles. The van der Waals surface area contributed by atoms with Gasteiger partial charge in [0.1, 0.15) is 29.5 Å². The lowest BCUT2D eigenvalue weighted by atomic mass is 10.0. The molecular weight excluding hydrogens is 567 g/mol. The number of carboxylic acid groups (broad SMARTS) is 1. The molecule has 0 spiro atoms. The summed E-state index contributed by atoms with van der Waals surface area (Å²) in [5, 5.41) is 16.1. The number of benzene rings is 2. The van der Waals surface area contributed by atoms with Crippen molar-refractivity contribution in [3.63, 3.8) is 0 Å². The number of anilines is 1. The summed E-state index contributed by atoms with van der Waals surface area (Å²) in [5.74, 6) is -2.73. The van der Waals surface area contributed by atoms with E-state index < -0.39 is 41.7 Å². The first-order chi connectivity index (χ1) is 21.2. The lowest BCUT2D eigenvalue weighted by Gasteiger charge is -2.30. The number of hydrogen-bond acceptors (Lipinski definition) is 6. The van der Waals surface area contributed by atoms with Gasteiger partial charge in [-0.2, -0.15) is 0 Å².